The van der Waals surface area contributed by atoms with Gasteiger partial charge in [0.15, 0.2) is 0 Å². The first-order chi connectivity index (χ1) is 10.2. The van der Waals surface area contributed by atoms with Gasteiger partial charge in [-0.05, 0) is 12.0 Å². The van der Waals surface area contributed by atoms with Crippen molar-refractivity contribution < 1.29 is 27.9 Å². The van der Waals surface area contributed by atoms with Crippen LogP contribution in [0.1, 0.15) is 12.5 Å². The van der Waals surface area contributed by atoms with E-state index in [0.717, 1.165) is 5.56 Å². The van der Waals surface area contributed by atoms with Gasteiger partial charge in [0, 0.05) is 6.92 Å². The molecular weight excluding hydrogens is 312 g/mol. The Morgan fingerprint density at radius 3 is 2.23 bits per heavy atom. The molecule has 8 nitrogen and oxygen atoms in total. The summed E-state index contributed by atoms with van der Waals surface area (Å²) in [5.74, 6) is -1.35. The Hall–Kier alpha value is -2.26. The zero-order chi connectivity index (χ0) is 16.8. The van der Waals surface area contributed by atoms with Crippen molar-refractivity contribution in [2.45, 2.75) is 19.4 Å². The number of carbonyl (C=O) groups is 3. The van der Waals surface area contributed by atoms with E-state index in [2.05, 4.69) is 10.0 Å². The maximum Gasteiger partial charge on any atom is 0.322 e. The number of carbonyl (C=O) groups excluding carboxylic acids is 2. The van der Waals surface area contributed by atoms with Crippen molar-refractivity contribution in [1.82, 2.24) is 10.0 Å². The summed E-state index contributed by atoms with van der Waals surface area (Å²) in [6, 6.07) is 8.73. The van der Waals surface area contributed by atoms with Gasteiger partial charge in [0.2, 0.25) is 5.91 Å². The fraction of sp³-hybridized carbons (Fsp3) is 0.308. The molecular formula is C13H16N2O6S. The van der Waals surface area contributed by atoms with E-state index in [9.17, 15) is 22.8 Å². The van der Waals surface area contributed by atoms with Crippen molar-refractivity contribution in [3.8, 4) is 0 Å². The second kappa shape index (κ2) is 7.66. The summed E-state index contributed by atoms with van der Waals surface area (Å²) in [5.41, 5.74) is 0.952. The normalized spacial score (nSPS) is 18.4. The van der Waals surface area contributed by atoms with Gasteiger partial charge in [-0.25, -0.2) is 8.42 Å². The molecule has 1 saturated heterocycles. The van der Waals surface area contributed by atoms with E-state index in [0.29, 0.717) is 6.42 Å². The van der Waals surface area contributed by atoms with Crippen molar-refractivity contribution in [3.05, 3.63) is 35.9 Å². The first-order valence-electron chi connectivity index (χ1n) is 6.28. The van der Waals surface area contributed by atoms with Crippen molar-refractivity contribution in [1.29, 1.82) is 0 Å². The van der Waals surface area contributed by atoms with Gasteiger partial charge >= 0.3 is 5.97 Å². The number of nitrogens with one attached hydrogen (secondary N) is 2. The number of amides is 1. The number of hydrogen-bond acceptors (Lipinski definition) is 5. The molecule has 1 aromatic rings. The molecule has 120 valence electrons. The van der Waals surface area contributed by atoms with Crippen LogP contribution < -0.4 is 10.0 Å². The smallest absolute Gasteiger partial charge is 0.322 e. The molecule has 1 atom stereocenters. The average molecular weight is 328 g/mol. The highest BCUT2D eigenvalue weighted by molar-refractivity contribution is 8.06. The molecule has 2 rings (SSSR count). The number of aliphatic carboxylic acids is 1. The Kier molecular flexibility index (Phi) is 6.20. The van der Waals surface area contributed by atoms with Gasteiger partial charge in [-0.15, -0.1) is 0 Å². The molecule has 0 aromatic heterocycles. The molecule has 1 unspecified atom stereocenters. The monoisotopic (exact) mass is 328 g/mol. The van der Waals surface area contributed by atoms with E-state index in [1.807, 2.05) is 30.3 Å². The summed E-state index contributed by atoms with van der Waals surface area (Å²) in [6.07, 6.45) is 0.429. The number of carboxylic acids is 1. The maximum absolute atomic E-state index is 11.0. The Bertz CT molecular complexity index is 642. The highest BCUT2D eigenvalue weighted by Gasteiger charge is 2.43. The summed E-state index contributed by atoms with van der Waals surface area (Å²) in [4.78, 5) is 30.7. The molecule has 1 aromatic carbocycles. The Morgan fingerprint density at radius 1 is 1.27 bits per heavy atom. The molecule has 9 heteroatoms. The van der Waals surface area contributed by atoms with Gasteiger partial charge < -0.3 is 10.4 Å². The van der Waals surface area contributed by atoms with Crippen LogP contribution in [0.5, 0.6) is 0 Å². The van der Waals surface area contributed by atoms with Gasteiger partial charge in [-0.3, -0.25) is 14.4 Å². The number of rotatable bonds is 4. The van der Waals surface area contributed by atoms with Gasteiger partial charge in [-0.1, -0.05) is 30.3 Å². The van der Waals surface area contributed by atoms with Crippen LogP contribution in [-0.2, 0) is 30.8 Å². The third-order valence-electron chi connectivity index (χ3n) is 2.62. The van der Waals surface area contributed by atoms with Gasteiger partial charge in [0.1, 0.15) is 12.6 Å². The molecule has 1 amide bonds. The molecule has 0 radical (unpaired) electrons. The fourth-order valence-corrected chi connectivity index (χ4v) is 2.61. The molecule has 1 aliphatic rings. The van der Waals surface area contributed by atoms with Crippen LogP contribution in [0.3, 0.4) is 0 Å². The van der Waals surface area contributed by atoms with Gasteiger partial charge in [0.25, 0.3) is 15.1 Å². The van der Waals surface area contributed by atoms with E-state index >= 15 is 0 Å². The van der Waals surface area contributed by atoms with Crippen LogP contribution in [0.15, 0.2) is 30.3 Å². The molecule has 1 aliphatic heterocycles. The van der Waals surface area contributed by atoms with Crippen LogP contribution in [0.4, 0.5) is 0 Å². The summed E-state index contributed by atoms with van der Waals surface area (Å²) in [6.45, 7) is 0.971. The molecule has 22 heavy (non-hydrogen) atoms. The molecule has 0 aliphatic carbocycles. The average Bonchev–Trinajstić information content (AvgIpc) is 2.46. The lowest BCUT2D eigenvalue weighted by molar-refractivity contribution is -0.137. The lowest BCUT2D eigenvalue weighted by atomic mass is 10.1. The van der Waals surface area contributed by atoms with Gasteiger partial charge in [0.05, 0.1) is 0 Å². The lowest BCUT2D eigenvalue weighted by Crippen LogP contribution is -2.59. The summed E-state index contributed by atoms with van der Waals surface area (Å²) in [7, 11) is -3.62. The lowest BCUT2D eigenvalue weighted by Gasteiger charge is -2.25. The third-order valence-corrected chi connectivity index (χ3v) is 4.03. The summed E-state index contributed by atoms with van der Waals surface area (Å²) < 4.78 is 23.8. The largest absolute Gasteiger partial charge is 0.480 e. The molecule has 0 bridgehead atoms. The first-order valence-corrected chi connectivity index (χ1v) is 7.77. The van der Waals surface area contributed by atoms with E-state index in [1.165, 1.54) is 6.92 Å². The number of carboxylic acid groups (broad SMARTS) is 1. The van der Waals surface area contributed by atoms with Crippen LogP contribution in [-0.4, -0.2) is 43.1 Å². The third kappa shape index (κ3) is 5.62. The van der Waals surface area contributed by atoms with Crippen molar-refractivity contribution >= 4 is 27.0 Å². The van der Waals surface area contributed by atoms with E-state index in [1.54, 1.807) is 0 Å². The second-order valence-corrected chi connectivity index (χ2v) is 6.13. The number of sulfonamides is 1. The first kappa shape index (κ1) is 17.8. The van der Waals surface area contributed by atoms with Crippen LogP contribution in [0.25, 0.3) is 0 Å². The minimum atomic E-state index is -3.62. The van der Waals surface area contributed by atoms with E-state index < -0.39 is 27.1 Å². The van der Waals surface area contributed by atoms with Crippen LogP contribution >= 0.6 is 0 Å². The molecule has 3 N–H and O–H groups in total. The van der Waals surface area contributed by atoms with Crippen LogP contribution in [0.2, 0.25) is 0 Å². The zero-order valence-corrected chi connectivity index (χ0v) is 12.6. The predicted octanol–water partition coefficient (Wildman–Crippen LogP) is -0.736. The highest BCUT2D eigenvalue weighted by atomic mass is 32.2. The number of hydrogen-bond donors (Lipinski definition) is 3. The Labute approximate surface area is 127 Å². The summed E-state index contributed by atoms with van der Waals surface area (Å²) in [5, 5.41) is 9.35. The summed E-state index contributed by atoms with van der Waals surface area (Å²) >= 11 is 0. The van der Waals surface area contributed by atoms with Crippen molar-refractivity contribution in [2.24, 2.45) is 0 Å². The minimum absolute atomic E-state index is 0.296. The van der Waals surface area contributed by atoms with E-state index in [-0.39, 0.29) is 12.5 Å². The maximum atomic E-state index is 11.0. The van der Waals surface area contributed by atoms with Crippen molar-refractivity contribution in [3.63, 3.8) is 0 Å². The molecule has 1 heterocycles. The SMILES string of the molecule is CC(=O)NCC(=O)O.O=C1C(Cc2ccccc2)NS1(=O)=O. The Balaban J connectivity index is 0.000000261. The Morgan fingerprint density at radius 2 is 1.86 bits per heavy atom. The predicted molar refractivity (Wildman–Crippen MR) is 77.3 cm³/mol. The topological polar surface area (TPSA) is 130 Å². The zero-order valence-electron chi connectivity index (χ0n) is 11.8. The van der Waals surface area contributed by atoms with Gasteiger partial charge in [-0.2, -0.15) is 4.72 Å². The van der Waals surface area contributed by atoms with Crippen molar-refractivity contribution in [2.75, 3.05) is 6.54 Å². The van der Waals surface area contributed by atoms with E-state index in [4.69, 9.17) is 5.11 Å². The molecule has 0 spiro atoms. The fourth-order valence-electron chi connectivity index (χ4n) is 1.60. The quantitative estimate of drug-likeness (QED) is 0.668. The molecule has 0 saturated carbocycles. The molecule has 1 fully saturated rings. The standard InChI is InChI=1S/C9H9NO3S.C4H7NO3/c11-9-8(10-14(9,12)13)6-7-4-2-1-3-5-7;1-3(6)5-2-4(7)8/h1-5,8,10H,6H2;2H2,1H3,(H,5,6)(H,7,8). The van der Waals surface area contributed by atoms with Crippen LogP contribution in [0, 0.1) is 0 Å². The highest BCUT2D eigenvalue weighted by Crippen LogP contribution is 2.13. The number of benzene rings is 1. The second-order valence-electron chi connectivity index (χ2n) is 4.49. The minimum Gasteiger partial charge on any atom is -0.480 e.